The van der Waals surface area contributed by atoms with Gasteiger partial charge in [-0.25, -0.2) is 19.6 Å². The number of morpholine rings is 1. The van der Waals surface area contributed by atoms with Crippen molar-refractivity contribution in [2.24, 2.45) is 0 Å². The molecular formula is C16H19F3N8OS. The molecule has 3 aromatic heterocycles. The first-order valence-electron chi connectivity index (χ1n) is 9.04. The molecule has 2 N–H and O–H groups in total. The number of hydrogen-bond donors (Lipinski definition) is 1. The van der Waals surface area contributed by atoms with E-state index in [0.717, 1.165) is 23.7 Å². The van der Waals surface area contributed by atoms with Gasteiger partial charge in [-0.3, -0.25) is 4.90 Å². The summed E-state index contributed by atoms with van der Waals surface area (Å²) in [6.45, 7) is 4.83. The number of fused-ring (bicyclic) bond motifs is 1. The molecule has 1 saturated heterocycles. The SMILES string of the molecule is CCc1csc(CN2CCOC(Cn3nnc4c(N)nc(C(F)(F)F)nc43)C2)n1. The highest BCUT2D eigenvalue weighted by molar-refractivity contribution is 7.09. The first-order chi connectivity index (χ1) is 13.8. The number of rotatable bonds is 5. The Kier molecular flexibility index (Phi) is 5.36. The van der Waals surface area contributed by atoms with Crippen LogP contribution in [-0.4, -0.2) is 60.6 Å². The maximum absolute atomic E-state index is 13.0. The second-order valence-corrected chi connectivity index (χ2v) is 7.63. The van der Waals surface area contributed by atoms with Gasteiger partial charge >= 0.3 is 6.18 Å². The van der Waals surface area contributed by atoms with Gasteiger partial charge in [0.2, 0.25) is 5.82 Å². The molecule has 0 aliphatic carbocycles. The summed E-state index contributed by atoms with van der Waals surface area (Å²) in [4.78, 5) is 13.6. The molecule has 156 valence electrons. The normalized spacial score (nSPS) is 18.6. The predicted octanol–water partition coefficient (Wildman–Crippen LogP) is 1.74. The molecule has 1 aliphatic rings. The van der Waals surface area contributed by atoms with Crippen LogP contribution in [0.4, 0.5) is 19.0 Å². The highest BCUT2D eigenvalue weighted by Crippen LogP contribution is 2.28. The van der Waals surface area contributed by atoms with Crippen molar-refractivity contribution in [2.45, 2.75) is 38.7 Å². The number of nitrogens with zero attached hydrogens (tertiary/aromatic N) is 7. The quantitative estimate of drug-likeness (QED) is 0.655. The molecule has 0 aromatic carbocycles. The lowest BCUT2D eigenvalue weighted by Crippen LogP contribution is -2.43. The first-order valence-corrected chi connectivity index (χ1v) is 9.92. The lowest BCUT2D eigenvalue weighted by atomic mass is 10.2. The van der Waals surface area contributed by atoms with Crippen LogP contribution in [0.15, 0.2) is 5.38 Å². The molecule has 3 aromatic rings. The van der Waals surface area contributed by atoms with Gasteiger partial charge in [0.15, 0.2) is 17.0 Å². The van der Waals surface area contributed by atoms with E-state index in [9.17, 15) is 13.2 Å². The monoisotopic (exact) mass is 428 g/mol. The number of thiazole rings is 1. The van der Waals surface area contributed by atoms with Crippen LogP contribution in [0.25, 0.3) is 11.2 Å². The van der Waals surface area contributed by atoms with E-state index in [4.69, 9.17) is 10.5 Å². The Morgan fingerprint density at radius 2 is 2.14 bits per heavy atom. The summed E-state index contributed by atoms with van der Waals surface area (Å²) in [7, 11) is 0. The lowest BCUT2D eigenvalue weighted by Gasteiger charge is -2.32. The third kappa shape index (κ3) is 4.31. The smallest absolute Gasteiger partial charge is 0.382 e. The Morgan fingerprint density at radius 3 is 2.86 bits per heavy atom. The van der Waals surface area contributed by atoms with Crippen LogP contribution in [0.1, 0.15) is 23.4 Å². The van der Waals surface area contributed by atoms with E-state index < -0.39 is 12.0 Å². The van der Waals surface area contributed by atoms with Gasteiger partial charge in [0.25, 0.3) is 0 Å². The minimum atomic E-state index is -4.71. The summed E-state index contributed by atoms with van der Waals surface area (Å²) in [5, 5.41) is 10.8. The molecule has 4 rings (SSSR count). The Labute approximate surface area is 167 Å². The fourth-order valence-corrected chi connectivity index (χ4v) is 4.05. The van der Waals surface area contributed by atoms with Crippen molar-refractivity contribution in [1.29, 1.82) is 0 Å². The molecule has 0 saturated carbocycles. The molecule has 1 unspecified atom stereocenters. The van der Waals surface area contributed by atoms with Gasteiger partial charge in [-0.2, -0.15) is 13.2 Å². The zero-order valence-corrected chi connectivity index (χ0v) is 16.4. The van der Waals surface area contributed by atoms with E-state index in [1.807, 2.05) is 0 Å². The molecule has 4 heterocycles. The van der Waals surface area contributed by atoms with Gasteiger partial charge in [-0.1, -0.05) is 12.1 Å². The van der Waals surface area contributed by atoms with Crippen molar-refractivity contribution >= 4 is 28.3 Å². The number of aryl methyl sites for hydroxylation is 1. The number of alkyl halides is 3. The summed E-state index contributed by atoms with van der Waals surface area (Å²) in [6, 6.07) is 0. The van der Waals surface area contributed by atoms with Crippen molar-refractivity contribution in [2.75, 3.05) is 25.4 Å². The summed E-state index contributed by atoms with van der Waals surface area (Å²) in [5.74, 6) is -1.66. The zero-order chi connectivity index (χ0) is 20.6. The van der Waals surface area contributed by atoms with Gasteiger partial charge in [0.1, 0.15) is 5.01 Å². The molecular weight excluding hydrogens is 409 g/mol. The summed E-state index contributed by atoms with van der Waals surface area (Å²) in [6.07, 6.45) is -4.09. The van der Waals surface area contributed by atoms with Crippen molar-refractivity contribution in [3.8, 4) is 0 Å². The zero-order valence-electron chi connectivity index (χ0n) is 15.6. The molecule has 13 heteroatoms. The van der Waals surface area contributed by atoms with Gasteiger partial charge < -0.3 is 10.5 Å². The number of halogens is 3. The van der Waals surface area contributed by atoms with Crippen LogP contribution in [0.3, 0.4) is 0 Å². The number of aromatic nitrogens is 6. The first kappa shape index (κ1) is 19.9. The van der Waals surface area contributed by atoms with E-state index in [1.165, 1.54) is 4.68 Å². The van der Waals surface area contributed by atoms with Crippen molar-refractivity contribution in [3.63, 3.8) is 0 Å². The lowest BCUT2D eigenvalue weighted by molar-refractivity contribution is -0.144. The minimum Gasteiger partial charge on any atom is -0.382 e. The van der Waals surface area contributed by atoms with Crippen LogP contribution >= 0.6 is 11.3 Å². The third-order valence-electron chi connectivity index (χ3n) is 4.56. The van der Waals surface area contributed by atoms with Crippen molar-refractivity contribution < 1.29 is 17.9 Å². The van der Waals surface area contributed by atoms with E-state index >= 15 is 0 Å². The molecule has 0 bridgehead atoms. The van der Waals surface area contributed by atoms with Crippen molar-refractivity contribution in [3.05, 3.63) is 21.9 Å². The summed E-state index contributed by atoms with van der Waals surface area (Å²) in [5.41, 5.74) is 6.67. The van der Waals surface area contributed by atoms with E-state index in [0.29, 0.717) is 19.7 Å². The molecule has 0 amide bonds. The van der Waals surface area contributed by atoms with Crippen LogP contribution in [-0.2, 0) is 30.4 Å². The van der Waals surface area contributed by atoms with Crippen molar-refractivity contribution in [1.82, 2.24) is 34.8 Å². The number of hydrogen-bond acceptors (Lipinski definition) is 9. The number of nitrogen functional groups attached to an aromatic ring is 1. The Hall–Kier alpha value is -2.38. The second kappa shape index (κ2) is 7.80. The van der Waals surface area contributed by atoms with Gasteiger partial charge in [0.05, 0.1) is 31.5 Å². The molecule has 1 fully saturated rings. The third-order valence-corrected chi connectivity index (χ3v) is 5.45. The van der Waals surface area contributed by atoms with Crippen LogP contribution in [0, 0.1) is 0 Å². The topological polar surface area (TPSA) is 108 Å². The van der Waals surface area contributed by atoms with Crippen LogP contribution in [0.5, 0.6) is 0 Å². The largest absolute Gasteiger partial charge is 0.451 e. The number of anilines is 1. The van der Waals surface area contributed by atoms with Gasteiger partial charge in [0, 0.05) is 18.5 Å². The van der Waals surface area contributed by atoms with Crippen LogP contribution < -0.4 is 5.73 Å². The Balaban J connectivity index is 1.49. The summed E-state index contributed by atoms with van der Waals surface area (Å²) >= 11 is 1.62. The van der Waals surface area contributed by atoms with E-state index in [-0.39, 0.29) is 29.6 Å². The molecule has 0 radical (unpaired) electrons. The molecule has 1 atom stereocenters. The molecule has 1 aliphatic heterocycles. The molecule has 29 heavy (non-hydrogen) atoms. The molecule has 0 spiro atoms. The highest BCUT2D eigenvalue weighted by atomic mass is 32.1. The summed E-state index contributed by atoms with van der Waals surface area (Å²) < 4.78 is 46.1. The molecule has 9 nitrogen and oxygen atoms in total. The number of nitrogens with two attached hydrogens (primary N) is 1. The average molecular weight is 428 g/mol. The highest BCUT2D eigenvalue weighted by Gasteiger charge is 2.36. The predicted molar refractivity (Wildman–Crippen MR) is 99.0 cm³/mol. The maximum atomic E-state index is 13.0. The Bertz CT molecular complexity index is 1000. The fourth-order valence-electron chi connectivity index (χ4n) is 3.13. The average Bonchev–Trinajstić information content (AvgIpc) is 3.29. The van der Waals surface area contributed by atoms with Gasteiger partial charge in [-0.05, 0) is 6.42 Å². The number of ether oxygens (including phenoxy) is 1. The fraction of sp³-hybridized carbons (Fsp3) is 0.562. The van der Waals surface area contributed by atoms with E-state index in [1.54, 1.807) is 11.3 Å². The minimum absolute atomic E-state index is 0.0422. The van der Waals surface area contributed by atoms with E-state index in [2.05, 4.69) is 42.5 Å². The Morgan fingerprint density at radius 1 is 1.31 bits per heavy atom. The standard InChI is InChI=1S/C16H19F3N8OS/c1-2-9-8-29-11(21-9)7-26-3-4-28-10(5-26)6-27-14-12(24-25-27)13(20)22-15(23-14)16(17,18)19/h8,10H,2-7H2,1H3,(H2,20,22,23). The van der Waals surface area contributed by atoms with Crippen LogP contribution in [0.2, 0.25) is 0 Å². The second-order valence-electron chi connectivity index (χ2n) is 6.69. The maximum Gasteiger partial charge on any atom is 0.451 e. The van der Waals surface area contributed by atoms with Gasteiger partial charge in [-0.15, -0.1) is 16.4 Å².